The van der Waals surface area contributed by atoms with Crippen molar-refractivity contribution in [1.29, 1.82) is 0 Å². The molecule has 0 saturated carbocycles. The van der Waals surface area contributed by atoms with Gasteiger partial charge in [-0.1, -0.05) is 0 Å². The molecule has 1 rings (SSSR count). The van der Waals surface area contributed by atoms with Crippen molar-refractivity contribution >= 4 is 11.8 Å². The van der Waals surface area contributed by atoms with Crippen molar-refractivity contribution in [1.82, 2.24) is 0 Å². The molecule has 1 saturated heterocycles. The van der Waals surface area contributed by atoms with E-state index >= 15 is 0 Å². The molecule has 1 unspecified atom stereocenters. The first kappa shape index (κ1) is 6.35. The minimum absolute atomic E-state index is 0.0366. The molecule has 1 radical (unpaired) electrons. The molecule has 2 atom stereocenters. The van der Waals surface area contributed by atoms with Crippen molar-refractivity contribution < 1.29 is 9.84 Å². The largest absolute Gasteiger partial charge is 0.393 e. The summed E-state index contributed by atoms with van der Waals surface area (Å²) in [5.41, 5.74) is 5.24. The summed E-state index contributed by atoms with van der Waals surface area (Å²) >= 11 is 1.42. The van der Waals surface area contributed by atoms with Crippen LogP contribution in [0.15, 0.2) is 0 Å². The van der Waals surface area contributed by atoms with E-state index in [1.54, 1.807) is 0 Å². The Labute approximate surface area is 52.2 Å². The topological polar surface area (TPSA) is 55.5 Å². The Morgan fingerprint density at radius 3 is 2.88 bits per heavy atom. The number of aliphatic hydroxyl groups excluding tert-OH is 1. The van der Waals surface area contributed by atoms with Gasteiger partial charge in [-0.05, 0) is 0 Å². The highest BCUT2D eigenvalue weighted by Gasteiger charge is 2.22. The Morgan fingerprint density at radius 2 is 2.62 bits per heavy atom. The van der Waals surface area contributed by atoms with Gasteiger partial charge in [0.1, 0.15) is 12.0 Å². The van der Waals surface area contributed by atoms with Crippen LogP contribution in [0.25, 0.3) is 0 Å². The van der Waals surface area contributed by atoms with Crippen LogP contribution in [-0.4, -0.2) is 22.5 Å². The first-order valence-electron chi connectivity index (χ1n) is 2.33. The Balaban J connectivity index is 2.22. The first-order valence-corrected chi connectivity index (χ1v) is 3.28. The zero-order chi connectivity index (χ0) is 5.98. The summed E-state index contributed by atoms with van der Waals surface area (Å²) in [7, 11) is 0. The average Bonchev–Trinajstić information content (AvgIpc) is 2.14. The van der Waals surface area contributed by atoms with E-state index in [1.165, 1.54) is 18.4 Å². The maximum atomic E-state index is 8.46. The van der Waals surface area contributed by atoms with E-state index in [2.05, 4.69) is 0 Å². The van der Waals surface area contributed by atoms with Crippen LogP contribution in [0, 0.1) is 6.61 Å². The van der Waals surface area contributed by atoms with Gasteiger partial charge in [-0.15, -0.1) is 11.8 Å². The van der Waals surface area contributed by atoms with Gasteiger partial charge >= 0.3 is 0 Å². The van der Waals surface area contributed by atoms with E-state index in [-0.39, 0.29) is 17.4 Å². The van der Waals surface area contributed by atoms with Crippen LogP contribution in [-0.2, 0) is 4.74 Å². The molecule has 8 heavy (non-hydrogen) atoms. The molecule has 4 heteroatoms. The minimum Gasteiger partial charge on any atom is -0.393 e. The second kappa shape index (κ2) is 2.68. The van der Waals surface area contributed by atoms with Crippen molar-refractivity contribution in [2.24, 2.45) is 5.73 Å². The molecule has 3 N–H and O–H groups in total. The van der Waals surface area contributed by atoms with Gasteiger partial charge in [0.05, 0.1) is 12.0 Å². The van der Waals surface area contributed by atoms with Gasteiger partial charge < -0.3 is 15.6 Å². The van der Waals surface area contributed by atoms with Crippen LogP contribution < -0.4 is 5.73 Å². The maximum Gasteiger partial charge on any atom is 0.128 e. The lowest BCUT2D eigenvalue weighted by Crippen LogP contribution is -2.11. The number of ether oxygens (including phenoxy) is 1. The highest BCUT2D eigenvalue weighted by molar-refractivity contribution is 8.00. The third kappa shape index (κ3) is 1.35. The highest BCUT2D eigenvalue weighted by Crippen LogP contribution is 2.25. The lowest BCUT2D eigenvalue weighted by atomic mass is 10.7. The molecule has 0 amide bonds. The third-order valence-electron chi connectivity index (χ3n) is 0.822. The average molecular weight is 134 g/mol. The molecule has 3 nitrogen and oxygen atoms in total. The fourth-order valence-corrected chi connectivity index (χ4v) is 1.18. The van der Waals surface area contributed by atoms with Crippen LogP contribution in [0.1, 0.15) is 0 Å². The van der Waals surface area contributed by atoms with Gasteiger partial charge in [0, 0.05) is 0 Å². The molecule has 0 spiro atoms. The van der Waals surface area contributed by atoms with Crippen molar-refractivity contribution in [3.63, 3.8) is 0 Å². The zero-order valence-corrected chi connectivity index (χ0v) is 5.10. The SMILES string of the molecule is NC1[CH]O[C@@H](CO)S1. The van der Waals surface area contributed by atoms with Gasteiger partial charge in [0.15, 0.2) is 0 Å². The lowest BCUT2D eigenvalue weighted by Gasteiger charge is -2.00. The van der Waals surface area contributed by atoms with Gasteiger partial charge in [-0.2, -0.15) is 0 Å². The molecule has 1 aliphatic heterocycles. The van der Waals surface area contributed by atoms with Gasteiger partial charge in [0.2, 0.25) is 0 Å². The minimum atomic E-state index is -0.134. The van der Waals surface area contributed by atoms with E-state index in [0.29, 0.717) is 0 Å². The molecule has 47 valence electrons. The Hall–Kier alpha value is 0.230. The van der Waals surface area contributed by atoms with E-state index in [1.807, 2.05) is 0 Å². The molecule has 0 bridgehead atoms. The number of hydrogen-bond donors (Lipinski definition) is 2. The summed E-state index contributed by atoms with van der Waals surface area (Å²) in [6, 6.07) is 0. The Kier molecular flexibility index (Phi) is 2.13. The number of rotatable bonds is 1. The summed E-state index contributed by atoms with van der Waals surface area (Å²) < 4.78 is 4.88. The van der Waals surface area contributed by atoms with Crippen LogP contribution in [0.4, 0.5) is 0 Å². The second-order valence-electron chi connectivity index (χ2n) is 1.48. The summed E-state index contributed by atoms with van der Waals surface area (Å²) in [4.78, 5) is 0. The van der Waals surface area contributed by atoms with Crippen LogP contribution in [0.2, 0.25) is 0 Å². The number of nitrogens with two attached hydrogens (primary N) is 1. The molecule has 0 aromatic carbocycles. The normalized spacial score (nSPS) is 38.2. The van der Waals surface area contributed by atoms with Crippen LogP contribution in [0.5, 0.6) is 0 Å². The quantitative estimate of drug-likeness (QED) is 0.508. The molecule has 0 aromatic rings. The number of thioether (sulfide) groups is 1. The monoisotopic (exact) mass is 134 g/mol. The van der Waals surface area contributed by atoms with Crippen LogP contribution >= 0.6 is 11.8 Å². The Bertz CT molecular complexity index is 80.4. The molecule has 1 aliphatic rings. The molecule has 0 aromatic heterocycles. The standard InChI is InChI=1S/C4H8NO2S/c5-3-2-7-4(1-6)8-3/h2-4,6H,1,5H2/t3?,4-/m1/s1. The van der Waals surface area contributed by atoms with E-state index in [0.717, 1.165) is 0 Å². The van der Waals surface area contributed by atoms with Gasteiger partial charge in [-0.3, -0.25) is 0 Å². The maximum absolute atomic E-state index is 8.46. The summed E-state index contributed by atoms with van der Waals surface area (Å²) in [6.07, 6.45) is 0. The highest BCUT2D eigenvalue weighted by atomic mass is 32.2. The Morgan fingerprint density at radius 1 is 1.88 bits per heavy atom. The summed E-state index contributed by atoms with van der Waals surface area (Å²) in [6.45, 7) is 1.57. The molecule has 1 heterocycles. The summed E-state index contributed by atoms with van der Waals surface area (Å²) in [5, 5.41) is 8.40. The first-order chi connectivity index (χ1) is 3.83. The fraction of sp³-hybridized carbons (Fsp3) is 0.750. The van der Waals surface area contributed by atoms with Crippen molar-refractivity contribution in [3.8, 4) is 0 Å². The zero-order valence-electron chi connectivity index (χ0n) is 4.28. The van der Waals surface area contributed by atoms with Gasteiger partial charge in [0.25, 0.3) is 0 Å². The molecular formula is C4H8NO2S. The molecule has 1 fully saturated rings. The molecule has 0 aliphatic carbocycles. The van der Waals surface area contributed by atoms with E-state index in [9.17, 15) is 0 Å². The summed E-state index contributed by atoms with van der Waals surface area (Å²) in [5.74, 6) is 0. The molecular weight excluding hydrogens is 126 g/mol. The predicted molar refractivity (Wildman–Crippen MR) is 31.8 cm³/mol. The van der Waals surface area contributed by atoms with E-state index in [4.69, 9.17) is 15.6 Å². The number of aliphatic hydroxyl groups is 1. The van der Waals surface area contributed by atoms with Crippen molar-refractivity contribution in [2.45, 2.75) is 10.8 Å². The smallest absolute Gasteiger partial charge is 0.128 e. The lowest BCUT2D eigenvalue weighted by molar-refractivity contribution is 0.123. The van der Waals surface area contributed by atoms with Crippen molar-refractivity contribution in [3.05, 3.63) is 6.61 Å². The van der Waals surface area contributed by atoms with Crippen LogP contribution in [0.3, 0.4) is 0 Å². The van der Waals surface area contributed by atoms with Gasteiger partial charge in [-0.25, -0.2) is 0 Å². The van der Waals surface area contributed by atoms with Crippen molar-refractivity contribution in [2.75, 3.05) is 6.61 Å². The number of hydrogen-bond acceptors (Lipinski definition) is 4. The van der Waals surface area contributed by atoms with E-state index < -0.39 is 0 Å². The third-order valence-corrected chi connectivity index (χ3v) is 1.81. The second-order valence-corrected chi connectivity index (χ2v) is 2.83. The predicted octanol–water partition coefficient (Wildman–Crippen LogP) is -0.485. The fourth-order valence-electron chi connectivity index (χ4n) is 0.491.